The normalized spacial score (nSPS) is 16.0. The zero-order valence-electron chi connectivity index (χ0n) is 16.6. The summed E-state index contributed by atoms with van der Waals surface area (Å²) in [7, 11) is 0. The minimum absolute atomic E-state index is 0.0128. The Morgan fingerprint density at radius 1 is 1.13 bits per heavy atom. The summed E-state index contributed by atoms with van der Waals surface area (Å²) in [5.41, 5.74) is 2.14. The molecule has 1 aliphatic rings. The number of hydrogen-bond donors (Lipinski definition) is 0. The number of hydrogen-bond acceptors (Lipinski definition) is 6. The summed E-state index contributed by atoms with van der Waals surface area (Å²) in [6, 6.07) is 15.6. The van der Waals surface area contributed by atoms with Crippen molar-refractivity contribution in [2.24, 2.45) is 0 Å². The lowest BCUT2D eigenvalue weighted by Gasteiger charge is -2.16. The second-order valence-electron chi connectivity index (χ2n) is 7.46. The Kier molecular flexibility index (Phi) is 4.99. The molecule has 1 saturated heterocycles. The fraction of sp³-hybridized carbons (Fsp3) is 0.227. The van der Waals surface area contributed by atoms with Gasteiger partial charge in [-0.2, -0.15) is 4.98 Å². The molecule has 4 aromatic rings. The predicted molar refractivity (Wildman–Crippen MR) is 109 cm³/mol. The van der Waals surface area contributed by atoms with E-state index in [1.54, 1.807) is 27.9 Å². The first-order valence-corrected chi connectivity index (χ1v) is 9.99. The molecule has 8 nitrogen and oxygen atoms in total. The molecule has 1 aliphatic heterocycles. The zero-order chi connectivity index (χ0) is 21.2. The maximum absolute atomic E-state index is 13.1. The molecule has 1 atom stereocenters. The SMILES string of the molecule is O=C(Cc1ccc(F)cc1)N1CC[C@@H](n2cc(-c3nc(-c4ccccc4)no3)nn2)C1. The number of carbonyl (C=O) groups is 1. The van der Waals surface area contributed by atoms with E-state index in [-0.39, 0.29) is 24.2 Å². The Morgan fingerprint density at radius 3 is 2.74 bits per heavy atom. The van der Waals surface area contributed by atoms with Crippen molar-refractivity contribution >= 4 is 5.91 Å². The molecule has 156 valence electrons. The first-order valence-electron chi connectivity index (χ1n) is 9.99. The molecule has 31 heavy (non-hydrogen) atoms. The van der Waals surface area contributed by atoms with Crippen LogP contribution in [-0.4, -0.2) is 49.0 Å². The van der Waals surface area contributed by atoms with E-state index in [1.807, 2.05) is 30.3 Å². The summed E-state index contributed by atoms with van der Waals surface area (Å²) in [5.74, 6) is 0.492. The van der Waals surface area contributed by atoms with Gasteiger partial charge in [0, 0.05) is 18.7 Å². The van der Waals surface area contributed by atoms with Crippen molar-refractivity contribution in [2.45, 2.75) is 18.9 Å². The van der Waals surface area contributed by atoms with E-state index >= 15 is 0 Å². The van der Waals surface area contributed by atoms with E-state index in [2.05, 4.69) is 20.5 Å². The largest absolute Gasteiger partial charge is 0.340 e. The van der Waals surface area contributed by atoms with E-state index in [0.29, 0.717) is 30.5 Å². The molecule has 3 heterocycles. The van der Waals surface area contributed by atoms with Gasteiger partial charge in [0.05, 0.1) is 18.7 Å². The number of carbonyl (C=O) groups excluding carboxylic acids is 1. The lowest BCUT2D eigenvalue weighted by atomic mass is 10.1. The summed E-state index contributed by atoms with van der Waals surface area (Å²) in [6.45, 7) is 1.18. The van der Waals surface area contributed by atoms with Gasteiger partial charge < -0.3 is 9.42 Å². The van der Waals surface area contributed by atoms with Gasteiger partial charge in [-0.15, -0.1) is 5.10 Å². The van der Waals surface area contributed by atoms with Crippen molar-refractivity contribution in [3.05, 3.63) is 72.2 Å². The van der Waals surface area contributed by atoms with Crippen LogP contribution in [0.3, 0.4) is 0 Å². The highest BCUT2D eigenvalue weighted by Crippen LogP contribution is 2.25. The molecule has 0 bridgehead atoms. The third-order valence-electron chi connectivity index (χ3n) is 5.35. The highest BCUT2D eigenvalue weighted by atomic mass is 19.1. The van der Waals surface area contributed by atoms with Gasteiger partial charge in [0.15, 0.2) is 5.69 Å². The van der Waals surface area contributed by atoms with Crippen LogP contribution in [0.2, 0.25) is 0 Å². The van der Waals surface area contributed by atoms with Crippen LogP contribution in [0.5, 0.6) is 0 Å². The van der Waals surface area contributed by atoms with Crippen LogP contribution in [0, 0.1) is 5.82 Å². The highest BCUT2D eigenvalue weighted by molar-refractivity contribution is 5.79. The first kappa shape index (κ1) is 19.1. The van der Waals surface area contributed by atoms with Crippen molar-refractivity contribution < 1.29 is 13.7 Å². The highest BCUT2D eigenvalue weighted by Gasteiger charge is 2.28. The summed E-state index contributed by atoms with van der Waals surface area (Å²) in [5, 5.41) is 12.4. The lowest BCUT2D eigenvalue weighted by Crippen LogP contribution is -2.30. The molecule has 0 aliphatic carbocycles. The van der Waals surface area contributed by atoms with Gasteiger partial charge in [0.25, 0.3) is 5.89 Å². The van der Waals surface area contributed by atoms with Crippen LogP contribution in [0.4, 0.5) is 4.39 Å². The predicted octanol–water partition coefficient (Wildman–Crippen LogP) is 3.15. The van der Waals surface area contributed by atoms with Crippen LogP contribution in [-0.2, 0) is 11.2 Å². The molecule has 5 rings (SSSR count). The van der Waals surface area contributed by atoms with Crippen molar-refractivity contribution in [3.8, 4) is 23.0 Å². The fourth-order valence-corrected chi connectivity index (χ4v) is 3.66. The van der Waals surface area contributed by atoms with Gasteiger partial charge in [-0.1, -0.05) is 52.8 Å². The van der Waals surface area contributed by atoms with E-state index in [4.69, 9.17) is 4.52 Å². The van der Waals surface area contributed by atoms with Gasteiger partial charge >= 0.3 is 0 Å². The van der Waals surface area contributed by atoms with E-state index in [1.165, 1.54) is 12.1 Å². The molecule has 2 aromatic carbocycles. The van der Waals surface area contributed by atoms with Crippen molar-refractivity contribution in [1.29, 1.82) is 0 Å². The minimum atomic E-state index is -0.309. The van der Waals surface area contributed by atoms with Gasteiger partial charge in [-0.25, -0.2) is 9.07 Å². The van der Waals surface area contributed by atoms with Crippen LogP contribution in [0.1, 0.15) is 18.0 Å². The summed E-state index contributed by atoms with van der Waals surface area (Å²) >= 11 is 0. The van der Waals surface area contributed by atoms with Gasteiger partial charge in [-0.05, 0) is 24.1 Å². The average molecular weight is 418 g/mol. The number of benzene rings is 2. The second-order valence-corrected chi connectivity index (χ2v) is 7.46. The second kappa shape index (κ2) is 8.10. The molecule has 9 heteroatoms. The number of aromatic nitrogens is 5. The molecular weight excluding hydrogens is 399 g/mol. The number of halogens is 1. The summed E-state index contributed by atoms with van der Waals surface area (Å²) < 4.78 is 20.1. The lowest BCUT2D eigenvalue weighted by molar-refractivity contribution is -0.129. The number of nitrogens with zero attached hydrogens (tertiary/aromatic N) is 6. The molecule has 0 radical (unpaired) electrons. The number of rotatable bonds is 5. The zero-order valence-corrected chi connectivity index (χ0v) is 16.6. The minimum Gasteiger partial charge on any atom is -0.340 e. The molecule has 0 spiro atoms. The Morgan fingerprint density at radius 2 is 1.94 bits per heavy atom. The van der Waals surface area contributed by atoms with Crippen LogP contribution >= 0.6 is 0 Å². The molecule has 0 saturated carbocycles. The quantitative estimate of drug-likeness (QED) is 0.495. The number of amides is 1. The van der Waals surface area contributed by atoms with E-state index in [9.17, 15) is 9.18 Å². The maximum Gasteiger partial charge on any atom is 0.280 e. The van der Waals surface area contributed by atoms with Crippen molar-refractivity contribution in [1.82, 2.24) is 30.0 Å². The van der Waals surface area contributed by atoms with Gasteiger partial charge in [-0.3, -0.25) is 4.79 Å². The number of likely N-dealkylation sites (tertiary alicyclic amines) is 1. The Balaban J connectivity index is 1.24. The standard InChI is InChI=1S/C22H19FN6O2/c23-17-8-6-15(7-9-17)12-20(30)28-11-10-18(13-28)29-14-19(25-27-29)22-24-21(26-31-22)16-4-2-1-3-5-16/h1-9,14,18H,10-13H2/t18-/m1/s1. The van der Waals surface area contributed by atoms with E-state index in [0.717, 1.165) is 17.5 Å². The topological polar surface area (TPSA) is 89.9 Å². The Hall–Kier alpha value is -3.88. The van der Waals surface area contributed by atoms with Crippen LogP contribution in [0.25, 0.3) is 23.0 Å². The monoisotopic (exact) mass is 418 g/mol. The smallest absolute Gasteiger partial charge is 0.280 e. The molecular formula is C22H19FN6O2. The third-order valence-corrected chi connectivity index (χ3v) is 5.35. The Bertz CT molecular complexity index is 1190. The molecule has 0 unspecified atom stereocenters. The van der Waals surface area contributed by atoms with Crippen molar-refractivity contribution in [3.63, 3.8) is 0 Å². The van der Waals surface area contributed by atoms with E-state index < -0.39 is 0 Å². The molecule has 0 N–H and O–H groups in total. The molecule has 1 fully saturated rings. The van der Waals surface area contributed by atoms with Crippen molar-refractivity contribution in [2.75, 3.05) is 13.1 Å². The fourth-order valence-electron chi connectivity index (χ4n) is 3.66. The summed E-state index contributed by atoms with van der Waals surface area (Å²) in [4.78, 5) is 18.8. The third kappa shape index (κ3) is 4.07. The van der Waals surface area contributed by atoms with Crippen LogP contribution in [0.15, 0.2) is 65.3 Å². The van der Waals surface area contributed by atoms with Gasteiger partial charge in [0.1, 0.15) is 5.82 Å². The Labute approximate surface area is 177 Å². The van der Waals surface area contributed by atoms with Gasteiger partial charge in [0.2, 0.25) is 11.7 Å². The summed E-state index contributed by atoms with van der Waals surface area (Å²) in [6.07, 6.45) is 2.79. The maximum atomic E-state index is 13.1. The first-order chi connectivity index (χ1) is 15.2. The van der Waals surface area contributed by atoms with Crippen LogP contribution < -0.4 is 0 Å². The molecule has 1 amide bonds. The molecule has 2 aromatic heterocycles. The average Bonchev–Trinajstić information content (AvgIpc) is 3.55.